The predicted octanol–water partition coefficient (Wildman–Crippen LogP) is 3.47. The minimum Gasteiger partial charge on any atom is -0.272 e. The van der Waals surface area contributed by atoms with E-state index in [9.17, 15) is 4.79 Å². The second-order valence-corrected chi connectivity index (χ2v) is 8.37. The van der Waals surface area contributed by atoms with Gasteiger partial charge in [-0.3, -0.25) is 9.78 Å². The number of aromatic nitrogens is 3. The lowest BCUT2D eigenvalue weighted by molar-refractivity contribution is -0.118. The summed E-state index contributed by atoms with van der Waals surface area (Å²) in [5, 5.41) is 12.1. The first-order valence-corrected chi connectivity index (χ1v) is 10.4. The Balaban J connectivity index is 1.40. The first kappa shape index (κ1) is 18.6. The van der Waals surface area contributed by atoms with Crippen LogP contribution in [0, 0.1) is 0 Å². The van der Waals surface area contributed by atoms with Gasteiger partial charge in [0, 0.05) is 11.9 Å². The molecule has 26 heavy (non-hydrogen) atoms. The van der Waals surface area contributed by atoms with Crippen LogP contribution in [-0.2, 0) is 10.5 Å². The highest BCUT2D eigenvalue weighted by molar-refractivity contribution is 8.03. The minimum absolute atomic E-state index is 0.198. The van der Waals surface area contributed by atoms with Gasteiger partial charge in [0.2, 0.25) is 0 Å². The largest absolute Gasteiger partial charge is 0.272 e. The van der Waals surface area contributed by atoms with E-state index in [0.29, 0.717) is 5.69 Å². The number of rotatable bonds is 8. The average Bonchev–Trinajstić information content (AvgIpc) is 3.14. The molecule has 132 valence electrons. The van der Waals surface area contributed by atoms with Crippen molar-refractivity contribution in [2.24, 2.45) is 5.10 Å². The van der Waals surface area contributed by atoms with Crippen molar-refractivity contribution in [2.75, 3.05) is 5.75 Å². The molecule has 0 aliphatic heterocycles. The maximum absolute atomic E-state index is 11.8. The lowest BCUT2D eigenvalue weighted by Gasteiger charge is -1.97. The number of hydrazone groups is 1. The molecular formula is C17H15N5OS3. The Morgan fingerprint density at radius 3 is 2.62 bits per heavy atom. The van der Waals surface area contributed by atoms with Gasteiger partial charge in [0.1, 0.15) is 0 Å². The fourth-order valence-electron chi connectivity index (χ4n) is 1.82. The number of hydrogen-bond donors (Lipinski definition) is 1. The third-order valence-corrected chi connectivity index (χ3v) is 6.25. The molecule has 3 aromatic rings. The van der Waals surface area contributed by atoms with Gasteiger partial charge in [-0.1, -0.05) is 71.3 Å². The van der Waals surface area contributed by atoms with Crippen LogP contribution in [0.5, 0.6) is 0 Å². The molecule has 0 fully saturated rings. The third kappa shape index (κ3) is 6.25. The number of carbonyl (C=O) groups is 1. The van der Waals surface area contributed by atoms with E-state index >= 15 is 0 Å². The molecule has 2 heterocycles. The highest BCUT2D eigenvalue weighted by atomic mass is 32.2. The summed E-state index contributed by atoms with van der Waals surface area (Å²) in [6.07, 6.45) is 3.17. The molecule has 0 aliphatic rings. The van der Waals surface area contributed by atoms with E-state index < -0.39 is 0 Å². The van der Waals surface area contributed by atoms with Crippen LogP contribution in [0.4, 0.5) is 0 Å². The first-order valence-electron chi connectivity index (χ1n) is 7.65. The summed E-state index contributed by atoms with van der Waals surface area (Å²) in [6, 6.07) is 15.7. The van der Waals surface area contributed by atoms with Crippen LogP contribution in [0.2, 0.25) is 0 Å². The van der Waals surface area contributed by atoms with Crippen molar-refractivity contribution in [2.45, 2.75) is 14.4 Å². The van der Waals surface area contributed by atoms with Gasteiger partial charge in [0.25, 0.3) is 5.91 Å². The molecule has 6 nitrogen and oxygen atoms in total. The highest BCUT2D eigenvalue weighted by Gasteiger charge is 2.08. The zero-order chi connectivity index (χ0) is 18.0. The standard InChI is InChI=1S/C17H15N5OS3/c23-15(20-19-10-14-8-4-5-9-18-14)12-25-17-22-21-16(26-17)24-11-13-6-2-1-3-7-13/h1-10H,11-12H2,(H,20,23)/b19-10+. The quantitative estimate of drug-likeness (QED) is 0.354. The van der Waals surface area contributed by atoms with Gasteiger partial charge in [-0.15, -0.1) is 10.2 Å². The van der Waals surface area contributed by atoms with Crippen molar-refractivity contribution in [3.05, 3.63) is 66.0 Å². The topological polar surface area (TPSA) is 80.1 Å². The van der Waals surface area contributed by atoms with E-state index in [1.165, 1.54) is 34.9 Å². The van der Waals surface area contributed by atoms with Gasteiger partial charge in [-0.25, -0.2) is 5.43 Å². The summed E-state index contributed by atoms with van der Waals surface area (Å²) in [5.74, 6) is 0.885. The molecule has 9 heteroatoms. The highest BCUT2D eigenvalue weighted by Crippen LogP contribution is 2.30. The van der Waals surface area contributed by atoms with Crippen molar-refractivity contribution in [3.8, 4) is 0 Å². The Labute approximate surface area is 163 Å². The summed E-state index contributed by atoms with van der Waals surface area (Å²) in [6.45, 7) is 0. The Kier molecular flexibility index (Phi) is 7.17. The van der Waals surface area contributed by atoms with Crippen LogP contribution < -0.4 is 5.43 Å². The predicted molar refractivity (Wildman–Crippen MR) is 107 cm³/mol. The van der Waals surface area contributed by atoms with Crippen LogP contribution >= 0.6 is 34.9 Å². The number of nitrogens with one attached hydrogen (secondary N) is 1. The molecule has 2 aromatic heterocycles. The van der Waals surface area contributed by atoms with E-state index in [2.05, 4.69) is 37.8 Å². The number of pyridine rings is 1. The van der Waals surface area contributed by atoms with Crippen LogP contribution in [0.25, 0.3) is 0 Å². The fraction of sp³-hybridized carbons (Fsp3) is 0.118. The average molecular weight is 402 g/mol. The molecule has 1 amide bonds. The Hall–Kier alpha value is -2.23. The molecule has 0 spiro atoms. The number of amides is 1. The summed E-state index contributed by atoms with van der Waals surface area (Å²) in [5.41, 5.74) is 4.40. The van der Waals surface area contributed by atoms with E-state index in [1.54, 1.807) is 24.0 Å². The normalized spacial score (nSPS) is 10.9. The van der Waals surface area contributed by atoms with E-state index in [4.69, 9.17) is 0 Å². The van der Waals surface area contributed by atoms with Gasteiger partial charge in [0.05, 0.1) is 17.7 Å². The molecule has 1 aromatic carbocycles. The third-order valence-electron chi connectivity index (χ3n) is 2.99. The van der Waals surface area contributed by atoms with Crippen LogP contribution in [0.3, 0.4) is 0 Å². The summed E-state index contributed by atoms with van der Waals surface area (Å²) in [4.78, 5) is 15.9. The molecule has 0 saturated heterocycles. The second-order valence-electron chi connectivity index (χ2n) is 4.94. The van der Waals surface area contributed by atoms with Crippen molar-refractivity contribution in [3.63, 3.8) is 0 Å². The molecule has 3 rings (SSSR count). The summed E-state index contributed by atoms with van der Waals surface area (Å²) >= 11 is 4.48. The lowest BCUT2D eigenvalue weighted by Crippen LogP contribution is -2.19. The van der Waals surface area contributed by atoms with Crippen LogP contribution in [0.15, 0.2) is 68.5 Å². The number of nitrogens with zero attached hydrogens (tertiary/aromatic N) is 4. The van der Waals surface area contributed by atoms with E-state index in [1.807, 2.05) is 30.3 Å². The van der Waals surface area contributed by atoms with Crippen molar-refractivity contribution in [1.29, 1.82) is 0 Å². The number of benzene rings is 1. The smallest absolute Gasteiger partial charge is 0.250 e. The molecule has 0 bridgehead atoms. The minimum atomic E-state index is -0.198. The maximum atomic E-state index is 11.8. The molecule has 1 N–H and O–H groups in total. The van der Waals surface area contributed by atoms with Crippen molar-refractivity contribution in [1.82, 2.24) is 20.6 Å². The van der Waals surface area contributed by atoms with Gasteiger partial charge in [-0.05, 0) is 17.7 Å². The van der Waals surface area contributed by atoms with Gasteiger partial charge in [0.15, 0.2) is 8.68 Å². The first-order chi connectivity index (χ1) is 12.8. The van der Waals surface area contributed by atoms with Gasteiger partial charge in [-0.2, -0.15) is 5.10 Å². The maximum Gasteiger partial charge on any atom is 0.250 e. The fourth-order valence-corrected chi connectivity index (χ4v) is 4.58. The molecule has 0 aliphatic carbocycles. The van der Waals surface area contributed by atoms with Crippen molar-refractivity contribution >= 4 is 47.0 Å². The van der Waals surface area contributed by atoms with Crippen LogP contribution in [-0.4, -0.2) is 33.1 Å². The zero-order valence-corrected chi connectivity index (χ0v) is 16.1. The Bertz CT molecular complexity index is 855. The summed E-state index contributed by atoms with van der Waals surface area (Å²) < 4.78 is 1.66. The van der Waals surface area contributed by atoms with Crippen LogP contribution in [0.1, 0.15) is 11.3 Å². The molecule has 0 atom stereocenters. The molecule has 0 saturated carbocycles. The Morgan fingerprint density at radius 1 is 1.08 bits per heavy atom. The Morgan fingerprint density at radius 2 is 1.85 bits per heavy atom. The van der Waals surface area contributed by atoms with Gasteiger partial charge >= 0.3 is 0 Å². The van der Waals surface area contributed by atoms with Gasteiger partial charge < -0.3 is 0 Å². The molecular weight excluding hydrogens is 386 g/mol. The molecule has 0 unspecified atom stereocenters. The zero-order valence-electron chi connectivity index (χ0n) is 13.6. The lowest BCUT2D eigenvalue weighted by atomic mass is 10.2. The van der Waals surface area contributed by atoms with E-state index in [-0.39, 0.29) is 11.7 Å². The molecule has 0 radical (unpaired) electrons. The monoisotopic (exact) mass is 401 g/mol. The number of hydrogen-bond acceptors (Lipinski definition) is 8. The second kappa shape index (κ2) is 10.0. The number of carbonyl (C=O) groups excluding carboxylic acids is 1. The van der Waals surface area contributed by atoms with E-state index in [0.717, 1.165) is 14.4 Å². The SMILES string of the molecule is O=C(CSc1nnc(SCc2ccccc2)s1)N/N=C/c1ccccn1. The number of thioether (sulfide) groups is 2. The summed E-state index contributed by atoms with van der Waals surface area (Å²) in [7, 11) is 0. The van der Waals surface area contributed by atoms with Crippen molar-refractivity contribution < 1.29 is 4.79 Å².